The number of amides is 2. The zero-order valence-electron chi connectivity index (χ0n) is 20.9. The summed E-state index contributed by atoms with van der Waals surface area (Å²) in [7, 11) is 2.20. The fourth-order valence-electron chi connectivity index (χ4n) is 5.10. The Kier molecular flexibility index (Phi) is 8.54. The van der Waals surface area contributed by atoms with E-state index in [0.29, 0.717) is 31.1 Å². The number of benzene rings is 1. The second kappa shape index (κ2) is 11.8. The summed E-state index contributed by atoms with van der Waals surface area (Å²) in [5, 5.41) is 5.94. The molecule has 4 rings (SSSR count). The molecule has 1 aromatic carbocycles. The van der Waals surface area contributed by atoms with E-state index in [9.17, 15) is 9.59 Å². The Hall–Kier alpha value is -2.75. The van der Waals surface area contributed by atoms with Gasteiger partial charge in [-0.05, 0) is 69.3 Å². The Morgan fingerprint density at radius 2 is 1.97 bits per heavy atom. The van der Waals surface area contributed by atoms with Crippen LogP contribution in [0.5, 0.6) is 0 Å². The normalized spacial score (nSPS) is 21.7. The molecule has 1 aromatic heterocycles. The van der Waals surface area contributed by atoms with Crippen LogP contribution in [-0.4, -0.2) is 77.2 Å². The van der Waals surface area contributed by atoms with Crippen LogP contribution in [-0.2, 0) is 6.42 Å². The first kappa shape index (κ1) is 25.3. The molecule has 1 saturated carbocycles. The number of aromatic nitrogens is 2. The molecule has 0 radical (unpaired) electrons. The smallest absolute Gasteiger partial charge is 0.328 e. The molecule has 1 aliphatic carbocycles. The van der Waals surface area contributed by atoms with Crippen molar-refractivity contribution < 1.29 is 4.79 Å². The van der Waals surface area contributed by atoms with Crippen molar-refractivity contribution in [1.29, 1.82) is 0 Å². The number of nitrogens with one attached hydrogen (secondary N) is 2. The van der Waals surface area contributed by atoms with E-state index >= 15 is 0 Å². The molecule has 1 saturated heterocycles. The predicted octanol–water partition coefficient (Wildman–Crippen LogP) is 2.05. The first-order chi connectivity index (χ1) is 16.9. The lowest BCUT2D eigenvalue weighted by Crippen LogP contribution is -2.48. The highest BCUT2D eigenvalue weighted by atomic mass is 16.2. The van der Waals surface area contributed by atoms with Crippen LogP contribution in [0, 0.1) is 5.92 Å². The van der Waals surface area contributed by atoms with Crippen LogP contribution >= 0.6 is 0 Å². The van der Waals surface area contributed by atoms with E-state index in [4.69, 9.17) is 5.73 Å². The largest absolute Gasteiger partial charge is 0.354 e. The molecule has 2 amide bonds. The number of nitrogens with two attached hydrogens (primary N) is 1. The van der Waals surface area contributed by atoms with Gasteiger partial charge in [0.05, 0.1) is 5.69 Å². The Bertz CT molecular complexity index is 1030. The summed E-state index contributed by atoms with van der Waals surface area (Å²) in [4.78, 5) is 33.2. The first-order valence-corrected chi connectivity index (χ1v) is 12.8. The Labute approximate surface area is 207 Å². The number of urea groups is 1. The lowest BCUT2D eigenvalue weighted by Gasteiger charge is -2.33. The molecule has 2 aromatic rings. The number of likely N-dealkylation sites (N-methyl/N-ethyl adjacent to an activating group) is 1. The maximum atomic E-state index is 12.6. The molecule has 35 heavy (non-hydrogen) atoms. The molecule has 4 N–H and O–H groups in total. The SMILES string of the molecule is CC(Cc1ccc(-n2ccc(NC(=O)N3CCNCC3)nc2=O)cc1)N(C)CC1CCCC(N)C1. The van der Waals surface area contributed by atoms with Gasteiger partial charge in [-0.15, -0.1) is 0 Å². The van der Waals surface area contributed by atoms with Crippen LogP contribution in [0.25, 0.3) is 5.69 Å². The summed E-state index contributed by atoms with van der Waals surface area (Å²) < 4.78 is 1.49. The highest BCUT2D eigenvalue weighted by molar-refractivity contribution is 5.88. The van der Waals surface area contributed by atoms with Gasteiger partial charge in [-0.25, -0.2) is 9.59 Å². The molecule has 9 nitrogen and oxygen atoms in total. The number of hydrogen-bond acceptors (Lipinski definition) is 6. The second-order valence-electron chi connectivity index (χ2n) is 10.1. The summed E-state index contributed by atoms with van der Waals surface area (Å²) >= 11 is 0. The molecule has 9 heteroatoms. The van der Waals surface area contributed by atoms with Crippen molar-refractivity contribution in [2.45, 2.75) is 51.1 Å². The van der Waals surface area contributed by atoms with Gasteiger partial charge in [0.25, 0.3) is 0 Å². The van der Waals surface area contributed by atoms with Crippen molar-refractivity contribution in [3.63, 3.8) is 0 Å². The van der Waals surface area contributed by atoms with Crippen LogP contribution in [0.15, 0.2) is 41.3 Å². The Morgan fingerprint density at radius 1 is 1.23 bits per heavy atom. The number of rotatable bonds is 7. The van der Waals surface area contributed by atoms with Gasteiger partial charge in [0.2, 0.25) is 0 Å². The van der Waals surface area contributed by atoms with Crippen molar-refractivity contribution in [2.24, 2.45) is 11.7 Å². The van der Waals surface area contributed by atoms with Gasteiger partial charge in [0.15, 0.2) is 0 Å². The van der Waals surface area contributed by atoms with Crippen molar-refractivity contribution >= 4 is 11.8 Å². The Morgan fingerprint density at radius 3 is 2.66 bits per heavy atom. The van der Waals surface area contributed by atoms with Crippen LogP contribution < -0.4 is 22.1 Å². The summed E-state index contributed by atoms with van der Waals surface area (Å²) in [5.41, 5.74) is 7.73. The minimum Gasteiger partial charge on any atom is -0.328 e. The number of hydrogen-bond donors (Lipinski definition) is 3. The molecule has 2 fully saturated rings. The molecular weight excluding hydrogens is 442 g/mol. The van der Waals surface area contributed by atoms with E-state index in [-0.39, 0.29) is 11.8 Å². The minimum absolute atomic E-state index is 0.231. The van der Waals surface area contributed by atoms with E-state index in [1.165, 1.54) is 23.0 Å². The molecule has 0 spiro atoms. The summed E-state index contributed by atoms with van der Waals surface area (Å²) in [6.07, 6.45) is 7.41. The number of piperazine rings is 1. The van der Waals surface area contributed by atoms with Gasteiger partial charge in [0, 0.05) is 51.0 Å². The van der Waals surface area contributed by atoms with Gasteiger partial charge in [-0.1, -0.05) is 18.6 Å². The number of carbonyl (C=O) groups is 1. The van der Waals surface area contributed by atoms with Gasteiger partial charge in [-0.2, -0.15) is 4.98 Å². The van der Waals surface area contributed by atoms with Gasteiger partial charge in [0.1, 0.15) is 5.82 Å². The summed E-state index contributed by atoms with van der Waals surface area (Å²) in [6.45, 7) is 6.16. The second-order valence-corrected chi connectivity index (χ2v) is 10.1. The van der Waals surface area contributed by atoms with Gasteiger partial charge in [-0.3, -0.25) is 9.88 Å². The van der Waals surface area contributed by atoms with Crippen LogP contribution in [0.3, 0.4) is 0 Å². The molecule has 1 aliphatic heterocycles. The van der Waals surface area contributed by atoms with E-state index in [0.717, 1.165) is 44.6 Å². The summed E-state index contributed by atoms with van der Waals surface area (Å²) in [6, 6.07) is 10.2. The van der Waals surface area contributed by atoms with Gasteiger partial charge < -0.3 is 20.9 Å². The van der Waals surface area contributed by atoms with E-state index in [1.54, 1.807) is 17.2 Å². The van der Waals surface area contributed by atoms with Gasteiger partial charge >= 0.3 is 11.7 Å². The molecule has 2 aliphatic rings. The molecule has 3 atom stereocenters. The zero-order valence-corrected chi connectivity index (χ0v) is 20.9. The lowest BCUT2D eigenvalue weighted by molar-refractivity contribution is 0.183. The van der Waals surface area contributed by atoms with Crippen molar-refractivity contribution in [3.8, 4) is 5.69 Å². The fourth-order valence-corrected chi connectivity index (χ4v) is 5.10. The van der Waals surface area contributed by atoms with Crippen molar-refractivity contribution in [3.05, 3.63) is 52.6 Å². The highest BCUT2D eigenvalue weighted by Gasteiger charge is 2.22. The zero-order chi connectivity index (χ0) is 24.8. The number of anilines is 1. The van der Waals surface area contributed by atoms with E-state index in [1.807, 2.05) is 12.1 Å². The van der Waals surface area contributed by atoms with Crippen molar-refractivity contribution in [2.75, 3.05) is 45.1 Å². The first-order valence-electron chi connectivity index (χ1n) is 12.8. The molecule has 0 bridgehead atoms. The summed E-state index contributed by atoms with van der Waals surface area (Å²) in [5.74, 6) is 0.958. The maximum Gasteiger partial charge on any atom is 0.354 e. The maximum absolute atomic E-state index is 12.6. The third kappa shape index (κ3) is 6.90. The van der Waals surface area contributed by atoms with Crippen LogP contribution in [0.4, 0.5) is 10.6 Å². The third-order valence-corrected chi connectivity index (χ3v) is 7.31. The molecular formula is C26H39N7O2. The monoisotopic (exact) mass is 481 g/mol. The van der Waals surface area contributed by atoms with E-state index in [2.05, 4.69) is 46.6 Å². The lowest BCUT2D eigenvalue weighted by atomic mass is 9.85. The standard InChI is InChI=1S/C26H39N7O2/c1-19(31(2)18-21-4-3-5-22(27)17-21)16-20-6-8-23(9-7-20)33-13-10-24(30-26(33)35)29-25(34)32-14-11-28-12-15-32/h6-10,13,19,21-22,28H,3-5,11-12,14-18,27H2,1-2H3,(H,29,30,34,35). The topological polar surface area (TPSA) is 109 Å². The number of carbonyl (C=O) groups excluding carboxylic acids is 1. The van der Waals surface area contributed by atoms with Crippen LogP contribution in [0.1, 0.15) is 38.2 Å². The Balaban J connectivity index is 1.33. The molecule has 2 heterocycles. The molecule has 3 unspecified atom stereocenters. The average molecular weight is 482 g/mol. The van der Waals surface area contributed by atoms with E-state index < -0.39 is 5.69 Å². The highest BCUT2D eigenvalue weighted by Crippen LogP contribution is 2.24. The minimum atomic E-state index is -0.422. The quantitative estimate of drug-likeness (QED) is 0.559. The number of nitrogens with zero attached hydrogens (tertiary/aromatic N) is 4. The van der Waals surface area contributed by atoms with Crippen LogP contribution in [0.2, 0.25) is 0 Å². The third-order valence-electron chi connectivity index (χ3n) is 7.31. The molecule has 190 valence electrons. The fraction of sp³-hybridized carbons (Fsp3) is 0.577. The predicted molar refractivity (Wildman–Crippen MR) is 139 cm³/mol. The average Bonchev–Trinajstić information content (AvgIpc) is 2.85. The van der Waals surface area contributed by atoms with Crippen molar-refractivity contribution in [1.82, 2.24) is 24.7 Å².